The minimum absolute atomic E-state index is 0.190. The standard InChI is InChI=1S/C16H19ClFNO2/c1-8-9(2)21-10(3)15(8)16(20)13(7-19)12-5-4-11(18)6-14(12)17/h4-6,13,16,20H,7,19H2,1-3H3. The SMILES string of the molecule is Cc1oc(C)c(C(O)C(CN)c2ccc(F)cc2Cl)c1C. The van der Waals surface area contributed by atoms with Crippen LogP contribution in [0.5, 0.6) is 0 Å². The van der Waals surface area contributed by atoms with Crippen LogP contribution in [0.15, 0.2) is 22.6 Å². The summed E-state index contributed by atoms with van der Waals surface area (Å²) in [5.74, 6) is 0.588. The number of aryl methyl sites for hydroxylation is 2. The molecule has 0 fully saturated rings. The predicted molar refractivity (Wildman–Crippen MR) is 81.1 cm³/mol. The lowest BCUT2D eigenvalue weighted by Crippen LogP contribution is -2.21. The highest BCUT2D eigenvalue weighted by molar-refractivity contribution is 6.31. The zero-order valence-corrected chi connectivity index (χ0v) is 13.0. The normalized spacial score (nSPS) is 14.2. The van der Waals surface area contributed by atoms with Crippen molar-refractivity contribution < 1.29 is 13.9 Å². The molecule has 1 heterocycles. The number of hydrogen-bond donors (Lipinski definition) is 2. The van der Waals surface area contributed by atoms with Crippen molar-refractivity contribution in [1.82, 2.24) is 0 Å². The summed E-state index contributed by atoms with van der Waals surface area (Å²) >= 11 is 6.09. The summed E-state index contributed by atoms with van der Waals surface area (Å²) in [7, 11) is 0. The second-order valence-corrected chi connectivity index (χ2v) is 5.61. The van der Waals surface area contributed by atoms with Gasteiger partial charge in [-0.15, -0.1) is 0 Å². The Kier molecular flexibility index (Phi) is 4.71. The molecule has 2 rings (SSSR count). The molecule has 0 aliphatic rings. The van der Waals surface area contributed by atoms with Crippen LogP contribution in [0.1, 0.15) is 40.2 Å². The molecule has 0 radical (unpaired) electrons. The van der Waals surface area contributed by atoms with E-state index in [0.29, 0.717) is 11.3 Å². The number of aliphatic hydroxyl groups is 1. The molecule has 2 unspecified atom stereocenters. The fourth-order valence-electron chi connectivity index (χ4n) is 2.67. The molecule has 1 aromatic heterocycles. The molecule has 0 aliphatic heterocycles. The third-order valence-electron chi connectivity index (χ3n) is 3.91. The van der Waals surface area contributed by atoms with E-state index in [4.69, 9.17) is 21.8 Å². The molecule has 0 saturated carbocycles. The van der Waals surface area contributed by atoms with E-state index in [0.717, 1.165) is 16.9 Å². The molecule has 3 N–H and O–H groups in total. The van der Waals surface area contributed by atoms with E-state index in [1.54, 1.807) is 13.0 Å². The molecule has 2 aromatic rings. The van der Waals surface area contributed by atoms with E-state index >= 15 is 0 Å². The Hall–Kier alpha value is -1.36. The van der Waals surface area contributed by atoms with Crippen LogP contribution in [0.3, 0.4) is 0 Å². The van der Waals surface area contributed by atoms with Crippen LogP contribution in [0, 0.1) is 26.6 Å². The predicted octanol–water partition coefficient (Wildman–Crippen LogP) is 3.77. The summed E-state index contributed by atoms with van der Waals surface area (Å²) in [6.45, 7) is 5.74. The van der Waals surface area contributed by atoms with Crippen molar-refractivity contribution in [3.8, 4) is 0 Å². The largest absolute Gasteiger partial charge is 0.466 e. The topological polar surface area (TPSA) is 59.4 Å². The van der Waals surface area contributed by atoms with Gasteiger partial charge in [0, 0.05) is 23.0 Å². The van der Waals surface area contributed by atoms with Gasteiger partial charge in [-0.25, -0.2) is 4.39 Å². The Morgan fingerprint density at radius 2 is 1.95 bits per heavy atom. The van der Waals surface area contributed by atoms with E-state index < -0.39 is 17.8 Å². The number of hydrogen-bond acceptors (Lipinski definition) is 3. The maximum Gasteiger partial charge on any atom is 0.124 e. The van der Waals surface area contributed by atoms with Gasteiger partial charge in [0.15, 0.2) is 0 Å². The van der Waals surface area contributed by atoms with Gasteiger partial charge in [-0.2, -0.15) is 0 Å². The second kappa shape index (κ2) is 6.18. The summed E-state index contributed by atoms with van der Waals surface area (Å²) in [6.07, 6.45) is -0.851. The lowest BCUT2D eigenvalue weighted by molar-refractivity contribution is 0.145. The zero-order chi connectivity index (χ0) is 15.7. The lowest BCUT2D eigenvalue weighted by Gasteiger charge is -2.23. The third-order valence-corrected chi connectivity index (χ3v) is 4.24. The average Bonchev–Trinajstić information content (AvgIpc) is 2.66. The highest BCUT2D eigenvalue weighted by Gasteiger charge is 2.28. The average molecular weight is 312 g/mol. The Balaban J connectivity index is 2.45. The minimum atomic E-state index is -0.851. The maximum absolute atomic E-state index is 13.2. The van der Waals surface area contributed by atoms with Crippen LogP contribution in [-0.4, -0.2) is 11.7 Å². The number of furan rings is 1. The number of rotatable bonds is 4. The number of nitrogens with two attached hydrogens (primary N) is 1. The third kappa shape index (κ3) is 2.98. The van der Waals surface area contributed by atoms with Gasteiger partial charge in [-0.05, 0) is 44.0 Å². The van der Waals surface area contributed by atoms with Crippen molar-refractivity contribution in [3.63, 3.8) is 0 Å². The van der Waals surface area contributed by atoms with Gasteiger partial charge in [0.25, 0.3) is 0 Å². The summed E-state index contributed by atoms with van der Waals surface area (Å²) in [5.41, 5.74) is 8.07. The molecule has 0 saturated heterocycles. The van der Waals surface area contributed by atoms with E-state index in [1.807, 2.05) is 13.8 Å². The first kappa shape index (κ1) is 16.0. The first-order valence-corrected chi connectivity index (χ1v) is 7.14. The maximum atomic E-state index is 13.2. The number of aliphatic hydroxyl groups excluding tert-OH is 1. The van der Waals surface area contributed by atoms with Crippen LogP contribution in [0.4, 0.5) is 4.39 Å². The molecular weight excluding hydrogens is 293 g/mol. The smallest absolute Gasteiger partial charge is 0.124 e. The van der Waals surface area contributed by atoms with Crippen molar-refractivity contribution in [2.45, 2.75) is 32.8 Å². The Labute approximate surface area is 128 Å². The van der Waals surface area contributed by atoms with Crippen LogP contribution in [-0.2, 0) is 0 Å². The summed E-state index contributed by atoms with van der Waals surface area (Å²) < 4.78 is 18.7. The molecule has 2 atom stereocenters. The van der Waals surface area contributed by atoms with Gasteiger partial charge in [0.2, 0.25) is 0 Å². The molecule has 0 spiro atoms. The molecule has 21 heavy (non-hydrogen) atoms. The highest BCUT2D eigenvalue weighted by Crippen LogP contribution is 2.38. The molecule has 0 amide bonds. The van der Waals surface area contributed by atoms with Gasteiger partial charge >= 0.3 is 0 Å². The lowest BCUT2D eigenvalue weighted by atomic mass is 9.87. The minimum Gasteiger partial charge on any atom is -0.466 e. The molecule has 1 aromatic carbocycles. The van der Waals surface area contributed by atoms with Crippen LogP contribution >= 0.6 is 11.6 Å². The molecule has 0 aliphatic carbocycles. The van der Waals surface area contributed by atoms with Crippen molar-refractivity contribution in [1.29, 1.82) is 0 Å². The van der Waals surface area contributed by atoms with Gasteiger partial charge in [-0.1, -0.05) is 17.7 Å². The van der Waals surface area contributed by atoms with Gasteiger partial charge in [-0.3, -0.25) is 0 Å². The van der Waals surface area contributed by atoms with Crippen molar-refractivity contribution in [2.75, 3.05) is 6.54 Å². The molecule has 5 heteroatoms. The van der Waals surface area contributed by atoms with E-state index in [1.165, 1.54) is 12.1 Å². The van der Waals surface area contributed by atoms with Crippen molar-refractivity contribution in [3.05, 3.63) is 57.2 Å². The quantitative estimate of drug-likeness (QED) is 0.903. The van der Waals surface area contributed by atoms with E-state index in [9.17, 15) is 9.50 Å². The summed E-state index contributed by atoms with van der Waals surface area (Å²) in [6, 6.07) is 4.11. The Morgan fingerprint density at radius 3 is 2.43 bits per heavy atom. The fraction of sp³-hybridized carbons (Fsp3) is 0.375. The van der Waals surface area contributed by atoms with Crippen molar-refractivity contribution >= 4 is 11.6 Å². The first-order valence-electron chi connectivity index (χ1n) is 6.76. The van der Waals surface area contributed by atoms with Crippen LogP contribution in [0.2, 0.25) is 5.02 Å². The molecule has 0 bridgehead atoms. The van der Waals surface area contributed by atoms with Crippen LogP contribution in [0.25, 0.3) is 0 Å². The van der Waals surface area contributed by atoms with Crippen molar-refractivity contribution in [2.24, 2.45) is 5.73 Å². The van der Waals surface area contributed by atoms with Crippen LogP contribution < -0.4 is 5.73 Å². The van der Waals surface area contributed by atoms with Gasteiger partial charge in [0.1, 0.15) is 17.3 Å². The second-order valence-electron chi connectivity index (χ2n) is 5.21. The molecule has 114 valence electrons. The number of benzene rings is 1. The highest BCUT2D eigenvalue weighted by atomic mass is 35.5. The first-order chi connectivity index (χ1) is 9.86. The van der Waals surface area contributed by atoms with Gasteiger partial charge in [0.05, 0.1) is 6.10 Å². The zero-order valence-electron chi connectivity index (χ0n) is 12.3. The Bertz CT molecular complexity index is 654. The summed E-state index contributed by atoms with van der Waals surface area (Å²) in [4.78, 5) is 0. The van der Waals surface area contributed by atoms with E-state index in [2.05, 4.69) is 0 Å². The molecule has 3 nitrogen and oxygen atoms in total. The summed E-state index contributed by atoms with van der Waals surface area (Å²) in [5, 5.41) is 11.0. The fourth-order valence-corrected chi connectivity index (χ4v) is 2.98. The monoisotopic (exact) mass is 311 g/mol. The van der Waals surface area contributed by atoms with Gasteiger partial charge < -0.3 is 15.3 Å². The number of halogens is 2. The molecular formula is C16H19ClFNO2. The van der Waals surface area contributed by atoms with E-state index in [-0.39, 0.29) is 11.6 Å². The Morgan fingerprint density at radius 1 is 1.29 bits per heavy atom.